The van der Waals surface area contributed by atoms with Crippen LogP contribution >= 0.6 is 0 Å². The number of nitrogens with zero attached hydrogens (tertiary/aromatic N) is 3. The standard InChI is InChI=1S/C24H35N7O3/c1-5-6-11-27-19-12-18-20(21(26)29-19)30-23(33)31(18)13-15-7-9-16(10-8-15)28-22(32)17(25)14-34-24(2,3)4/h7-10,12,17H,5-6,11,13-14,25H2,1-4H3,(H,28,32)(H,30,33)(H3,26,27,29)/t17-/m0/s1. The third kappa shape index (κ3) is 6.58. The largest absolute Gasteiger partial charge is 0.480 e. The normalized spacial score (nSPS) is 12.6. The summed E-state index contributed by atoms with van der Waals surface area (Å²) >= 11 is 0. The number of imidazole rings is 1. The van der Waals surface area contributed by atoms with Crippen molar-refractivity contribution in [2.75, 3.05) is 29.5 Å². The molecular formula is C24H35N7O3. The molecule has 1 atom stereocenters. The molecule has 0 aliphatic carbocycles. The molecule has 3 aromatic rings. The number of nitrogen functional groups attached to an aromatic ring is 1. The van der Waals surface area contributed by atoms with E-state index < -0.39 is 6.04 Å². The Labute approximate surface area is 199 Å². The van der Waals surface area contributed by atoms with E-state index in [-0.39, 0.29) is 29.9 Å². The number of aromatic hydroxyl groups is 1. The second-order valence-corrected chi connectivity index (χ2v) is 9.25. The Hall–Kier alpha value is -3.37. The third-order valence-electron chi connectivity index (χ3n) is 5.17. The molecule has 0 aliphatic heterocycles. The summed E-state index contributed by atoms with van der Waals surface area (Å²) in [5, 5.41) is 16.5. The van der Waals surface area contributed by atoms with E-state index in [4.69, 9.17) is 16.2 Å². The second kappa shape index (κ2) is 10.7. The number of nitrogens with one attached hydrogen (secondary N) is 2. The lowest BCUT2D eigenvalue weighted by Gasteiger charge is -2.22. The van der Waals surface area contributed by atoms with Crippen LogP contribution in [0.5, 0.6) is 6.01 Å². The highest BCUT2D eigenvalue weighted by molar-refractivity contribution is 5.94. The Morgan fingerprint density at radius 1 is 1.24 bits per heavy atom. The summed E-state index contributed by atoms with van der Waals surface area (Å²) in [6, 6.07) is 8.22. The molecule has 1 amide bonds. The average Bonchev–Trinajstić information content (AvgIpc) is 3.09. The van der Waals surface area contributed by atoms with Crippen LogP contribution in [0, 0.1) is 0 Å². The van der Waals surface area contributed by atoms with Gasteiger partial charge in [-0.05, 0) is 44.9 Å². The van der Waals surface area contributed by atoms with Crippen LogP contribution in [0.4, 0.5) is 17.3 Å². The summed E-state index contributed by atoms with van der Waals surface area (Å²) < 4.78 is 7.25. The van der Waals surface area contributed by atoms with E-state index in [1.165, 1.54) is 0 Å². The Morgan fingerprint density at radius 3 is 2.59 bits per heavy atom. The van der Waals surface area contributed by atoms with Gasteiger partial charge in [0.15, 0.2) is 5.82 Å². The van der Waals surface area contributed by atoms with Gasteiger partial charge < -0.3 is 31.9 Å². The maximum atomic E-state index is 12.3. The van der Waals surface area contributed by atoms with E-state index in [2.05, 4.69) is 27.5 Å². The van der Waals surface area contributed by atoms with Crippen molar-refractivity contribution in [2.24, 2.45) is 5.73 Å². The highest BCUT2D eigenvalue weighted by Gasteiger charge is 2.19. The lowest BCUT2D eigenvalue weighted by atomic mass is 10.2. The lowest BCUT2D eigenvalue weighted by Crippen LogP contribution is -2.41. The van der Waals surface area contributed by atoms with Crippen LogP contribution in [0.25, 0.3) is 11.0 Å². The number of carbonyl (C=O) groups is 1. The lowest BCUT2D eigenvalue weighted by molar-refractivity contribution is -0.120. The molecule has 0 radical (unpaired) electrons. The Balaban J connectivity index is 1.70. The maximum Gasteiger partial charge on any atom is 0.295 e. The first kappa shape index (κ1) is 25.3. The maximum absolute atomic E-state index is 12.3. The van der Waals surface area contributed by atoms with E-state index in [1.807, 2.05) is 39.0 Å². The number of carbonyl (C=O) groups excluding carboxylic acids is 1. The molecule has 10 heteroatoms. The van der Waals surface area contributed by atoms with Crippen LogP contribution < -0.4 is 22.1 Å². The molecule has 3 rings (SSSR count). The number of ether oxygens (including phenoxy) is 1. The number of rotatable bonds is 10. The predicted molar refractivity (Wildman–Crippen MR) is 135 cm³/mol. The van der Waals surface area contributed by atoms with Gasteiger partial charge in [-0.3, -0.25) is 9.36 Å². The molecule has 0 aliphatic rings. The molecule has 0 saturated heterocycles. The number of nitrogens with two attached hydrogens (primary N) is 2. The number of unbranched alkanes of at least 4 members (excludes halogenated alkanes) is 1. The summed E-state index contributed by atoms with van der Waals surface area (Å²) in [5.74, 6) is 0.584. The second-order valence-electron chi connectivity index (χ2n) is 9.25. The van der Waals surface area contributed by atoms with Gasteiger partial charge in [-0.25, -0.2) is 4.98 Å². The van der Waals surface area contributed by atoms with E-state index in [9.17, 15) is 9.90 Å². The number of benzene rings is 1. The van der Waals surface area contributed by atoms with E-state index >= 15 is 0 Å². The zero-order valence-electron chi connectivity index (χ0n) is 20.3. The van der Waals surface area contributed by atoms with Gasteiger partial charge >= 0.3 is 0 Å². The van der Waals surface area contributed by atoms with Crippen LogP contribution in [0.1, 0.15) is 46.1 Å². The molecule has 0 fully saturated rings. The summed E-state index contributed by atoms with van der Waals surface area (Å²) in [7, 11) is 0. The number of hydrogen-bond donors (Lipinski definition) is 5. The van der Waals surface area contributed by atoms with E-state index in [0.29, 0.717) is 29.1 Å². The first-order chi connectivity index (χ1) is 16.1. The first-order valence-corrected chi connectivity index (χ1v) is 11.5. The van der Waals surface area contributed by atoms with Crippen molar-refractivity contribution in [1.29, 1.82) is 0 Å². The molecule has 0 bridgehead atoms. The van der Waals surface area contributed by atoms with Crippen molar-refractivity contribution in [3.8, 4) is 6.01 Å². The number of amides is 1. The van der Waals surface area contributed by atoms with Crippen molar-refractivity contribution in [3.63, 3.8) is 0 Å². The summed E-state index contributed by atoms with van der Waals surface area (Å²) in [4.78, 5) is 20.8. The quantitative estimate of drug-likeness (QED) is 0.284. The van der Waals surface area contributed by atoms with Crippen molar-refractivity contribution in [3.05, 3.63) is 35.9 Å². The predicted octanol–water partition coefficient (Wildman–Crippen LogP) is 3.06. The average molecular weight is 470 g/mol. The van der Waals surface area contributed by atoms with Crippen molar-refractivity contribution >= 4 is 34.3 Å². The molecule has 0 spiro atoms. The minimum Gasteiger partial charge on any atom is -0.480 e. The van der Waals surface area contributed by atoms with Gasteiger partial charge in [0, 0.05) is 18.3 Å². The van der Waals surface area contributed by atoms with Gasteiger partial charge in [0.1, 0.15) is 17.4 Å². The Kier molecular flexibility index (Phi) is 7.95. The van der Waals surface area contributed by atoms with Crippen LogP contribution in [-0.2, 0) is 16.1 Å². The number of anilines is 3. The minimum atomic E-state index is -0.771. The molecule has 0 saturated carbocycles. The zero-order chi connectivity index (χ0) is 24.9. The van der Waals surface area contributed by atoms with Gasteiger partial charge in [-0.2, -0.15) is 4.98 Å². The molecule has 7 N–H and O–H groups in total. The van der Waals surface area contributed by atoms with Crippen LogP contribution in [-0.4, -0.2) is 50.3 Å². The minimum absolute atomic E-state index is 0.133. The third-order valence-corrected chi connectivity index (χ3v) is 5.17. The first-order valence-electron chi connectivity index (χ1n) is 11.5. The topological polar surface area (TPSA) is 153 Å². The summed E-state index contributed by atoms with van der Waals surface area (Å²) in [5.41, 5.74) is 14.3. The van der Waals surface area contributed by atoms with Gasteiger partial charge in [-0.1, -0.05) is 25.5 Å². The fourth-order valence-corrected chi connectivity index (χ4v) is 3.30. The number of aromatic nitrogens is 3. The molecule has 2 heterocycles. The zero-order valence-corrected chi connectivity index (χ0v) is 20.3. The van der Waals surface area contributed by atoms with Gasteiger partial charge in [-0.15, -0.1) is 0 Å². The van der Waals surface area contributed by atoms with Crippen molar-refractivity contribution in [1.82, 2.24) is 14.5 Å². The molecule has 2 aromatic heterocycles. The van der Waals surface area contributed by atoms with Gasteiger partial charge in [0.05, 0.1) is 24.3 Å². The smallest absolute Gasteiger partial charge is 0.295 e. The van der Waals surface area contributed by atoms with E-state index in [1.54, 1.807) is 16.7 Å². The highest BCUT2D eigenvalue weighted by Crippen LogP contribution is 2.28. The summed E-state index contributed by atoms with van der Waals surface area (Å²) in [6.07, 6.45) is 2.08. The monoisotopic (exact) mass is 469 g/mol. The molecule has 10 nitrogen and oxygen atoms in total. The molecular weight excluding hydrogens is 434 g/mol. The van der Waals surface area contributed by atoms with Crippen molar-refractivity contribution < 1.29 is 14.6 Å². The molecule has 0 unspecified atom stereocenters. The number of pyridine rings is 1. The van der Waals surface area contributed by atoms with Gasteiger partial charge in [0.2, 0.25) is 5.91 Å². The number of hydrogen-bond acceptors (Lipinski definition) is 8. The van der Waals surface area contributed by atoms with E-state index in [0.717, 1.165) is 24.9 Å². The highest BCUT2D eigenvalue weighted by atomic mass is 16.5. The van der Waals surface area contributed by atoms with Crippen molar-refractivity contribution in [2.45, 2.75) is 58.7 Å². The van der Waals surface area contributed by atoms with Crippen LogP contribution in [0.2, 0.25) is 0 Å². The summed E-state index contributed by atoms with van der Waals surface area (Å²) in [6.45, 7) is 9.13. The van der Waals surface area contributed by atoms with Crippen LogP contribution in [0.3, 0.4) is 0 Å². The fraction of sp³-hybridized carbons (Fsp3) is 0.458. The number of fused-ring (bicyclic) bond motifs is 1. The van der Waals surface area contributed by atoms with Gasteiger partial charge in [0.25, 0.3) is 6.01 Å². The fourth-order valence-electron chi connectivity index (χ4n) is 3.30. The Morgan fingerprint density at radius 2 is 1.94 bits per heavy atom. The molecule has 34 heavy (non-hydrogen) atoms. The SMILES string of the molecule is CCCCNc1cc2c(nc(O)n2Cc2ccc(NC(=O)[C@@H](N)COC(C)(C)C)cc2)c(N)n1. The molecule has 1 aromatic carbocycles. The Bertz CT molecular complexity index is 1120. The molecule has 184 valence electrons. The van der Waals surface area contributed by atoms with Crippen LogP contribution in [0.15, 0.2) is 30.3 Å².